The first-order chi connectivity index (χ1) is 13.6. The van der Waals surface area contributed by atoms with Gasteiger partial charge in [0.1, 0.15) is 6.10 Å². The Morgan fingerprint density at radius 2 is 1.61 bits per heavy atom. The molecule has 2 saturated heterocycles. The molecular weight excluding hydrogens is 360 g/mol. The topological polar surface area (TPSA) is 63.2 Å². The van der Waals surface area contributed by atoms with E-state index in [1.807, 2.05) is 67.6 Å². The normalized spacial score (nSPS) is 31.9. The van der Waals surface area contributed by atoms with Crippen LogP contribution < -0.4 is 0 Å². The smallest absolute Gasteiger partial charge is 0.303 e. The first kappa shape index (κ1) is 19.1. The summed E-state index contributed by atoms with van der Waals surface area (Å²) in [5, 5.41) is 0. The fraction of sp³-hybridized carbons (Fsp3) is 0.409. The minimum absolute atomic E-state index is 0.326. The SMILES string of the molecule is CC(=O)OC1C(OCc2ccccc2)C(C)OC2OC(c3ccccc3)OC21. The largest absolute Gasteiger partial charge is 0.457 e. The van der Waals surface area contributed by atoms with Gasteiger partial charge >= 0.3 is 5.97 Å². The lowest BCUT2D eigenvalue weighted by Crippen LogP contribution is -2.57. The zero-order valence-electron chi connectivity index (χ0n) is 15.9. The average Bonchev–Trinajstić information content (AvgIpc) is 3.12. The van der Waals surface area contributed by atoms with Gasteiger partial charge in [-0.3, -0.25) is 4.79 Å². The van der Waals surface area contributed by atoms with Crippen molar-refractivity contribution in [3.8, 4) is 0 Å². The first-order valence-electron chi connectivity index (χ1n) is 9.46. The van der Waals surface area contributed by atoms with E-state index in [1.54, 1.807) is 0 Å². The fourth-order valence-electron chi connectivity index (χ4n) is 3.61. The van der Waals surface area contributed by atoms with Gasteiger partial charge in [0.2, 0.25) is 0 Å². The highest BCUT2D eigenvalue weighted by Crippen LogP contribution is 2.39. The van der Waals surface area contributed by atoms with Crippen molar-refractivity contribution in [2.24, 2.45) is 0 Å². The zero-order chi connectivity index (χ0) is 19.5. The van der Waals surface area contributed by atoms with Crippen LogP contribution in [0.15, 0.2) is 60.7 Å². The van der Waals surface area contributed by atoms with Gasteiger partial charge in [0.05, 0.1) is 12.7 Å². The van der Waals surface area contributed by atoms with Gasteiger partial charge in [0, 0.05) is 12.5 Å². The van der Waals surface area contributed by atoms with Crippen LogP contribution in [0.3, 0.4) is 0 Å². The number of carbonyl (C=O) groups is 1. The van der Waals surface area contributed by atoms with Gasteiger partial charge in [-0.1, -0.05) is 60.7 Å². The maximum atomic E-state index is 11.8. The highest BCUT2D eigenvalue weighted by Gasteiger charge is 2.53. The molecule has 2 aromatic carbocycles. The molecule has 4 rings (SSSR count). The van der Waals surface area contributed by atoms with Gasteiger partial charge in [-0.05, 0) is 12.5 Å². The summed E-state index contributed by atoms with van der Waals surface area (Å²) in [7, 11) is 0. The number of rotatable bonds is 5. The maximum Gasteiger partial charge on any atom is 0.303 e. The lowest BCUT2D eigenvalue weighted by Gasteiger charge is -2.40. The van der Waals surface area contributed by atoms with Crippen molar-refractivity contribution in [2.45, 2.75) is 57.5 Å². The molecule has 0 N–H and O–H groups in total. The molecule has 6 nitrogen and oxygen atoms in total. The van der Waals surface area contributed by atoms with Gasteiger partial charge in [-0.15, -0.1) is 0 Å². The lowest BCUT2D eigenvalue weighted by molar-refractivity contribution is -0.259. The maximum absolute atomic E-state index is 11.8. The van der Waals surface area contributed by atoms with Crippen molar-refractivity contribution >= 4 is 5.97 Å². The second kappa shape index (κ2) is 8.41. The summed E-state index contributed by atoms with van der Waals surface area (Å²) in [6.07, 6.45) is -3.18. The summed E-state index contributed by atoms with van der Waals surface area (Å²) in [6, 6.07) is 19.5. The third-order valence-electron chi connectivity index (χ3n) is 4.92. The Labute approximate surface area is 164 Å². The van der Waals surface area contributed by atoms with Crippen molar-refractivity contribution in [2.75, 3.05) is 0 Å². The van der Waals surface area contributed by atoms with Crippen molar-refractivity contribution in [3.05, 3.63) is 71.8 Å². The van der Waals surface area contributed by atoms with Gasteiger partial charge in [0.25, 0.3) is 0 Å². The second-order valence-electron chi connectivity index (χ2n) is 7.02. The molecule has 2 fully saturated rings. The Balaban J connectivity index is 1.52. The van der Waals surface area contributed by atoms with E-state index < -0.39 is 36.9 Å². The van der Waals surface area contributed by atoms with E-state index in [0.29, 0.717) is 6.61 Å². The van der Waals surface area contributed by atoms with Crippen LogP contribution in [0.2, 0.25) is 0 Å². The van der Waals surface area contributed by atoms with Gasteiger partial charge in [-0.25, -0.2) is 0 Å². The average molecular weight is 384 g/mol. The van der Waals surface area contributed by atoms with Crippen LogP contribution in [0.1, 0.15) is 31.3 Å². The molecule has 0 radical (unpaired) electrons. The molecule has 0 aliphatic carbocycles. The van der Waals surface area contributed by atoms with Gasteiger partial charge < -0.3 is 23.7 Å². The molecule has 0 amide bonds. The van der Waals surface area contributed by atoms with Crippen LogP contribution in [-0.2, 0) is 35.1 Å². The molecule has 6 atom stereocenters. The van der Waals surface area contributed by atoms with Crippen LogP contribution in [0.5, 0.6) is 0 Å². The highest BCUT2D eigenvalue weighted by atomic mass is 16.8. The Morgan fingerprint density at radius 3 is 2.29 bits per heavy atom. The van der Waals surface area contributed by atoms with Crippen LogP contribution in [0.4, 0.5) is 0 Å². The van der Waals surface area contributed by atoms with Gasteiger partial charge in [0.15, 0.2) is 24.8 Å². The van der Waals surface area contributed by atoms with Crippen LogP contribution in [0.25, 0.3) is 0 Å². The number of carbonyl (C=O) groups excluding carboxylic acids is 1. The molecule has 2 aromatic rings. The molecule has 0 saturated carbocycles. The van der Waals surface area contributed by atoms with E-state index in [2.05, 4.69) is 0 Å². The molecule has 6 heteroatoms. The summed E-state index contributed by atoms with van der Waals surface area (Å²) in [4.78, 5) is 11.8. The molecule has 2 aliphatic heterocycles. The summed E-state index contributed by atoms with van der Waals surface area (Å²) in [5.41, 5.74) is 1.92. The van der Waals surface area contributed by atoms with Crippen molar-refractivity contribution < 1.29 is 28.5 Å². The monoisotopic (exact) mass is 384 g/mol. The summed E-state index contributed by atoms with van der Waals surface area (Å²) in [5.74, 6) is -0.391. The molecule has 28 heavy (non-hydrogen) atoms. The minimum atomic E-state index is -0.624. The number of esters is 1. The van der Waals surface area contributed by atoms with E-state index in [-0.39, 0.29) is 6.10 Å². The molecule has 0 spiro atoms. The number of fused-ring (bicyclic) bond motifs is 1. The Morgan fingerprint density at radius 1 is 0.929 bits per heavy atom. The molecule has 2 heterocycles. The quantitative estimate of drug-likeness (QED) is 0.737. The highest BCUT2D eigenvalue weighted by molar-refractivity contribution is 5.66. The standard InChI is InChI=1S/C22H24O6/c1-14-18(24-13-16-9-5-3-6-10-16)19(26-15(2)23)20-22(25-14)28-21(27-20)17-11-7-4-8-12-17/h3-12,14,18-22H,13H2,1-2H3. The molecule has 6 unspecified atom stereocenters. The van der Waals surface area contributed by atoms with E-state index in [9.17, 15) is 4.79 Å². The van der Waals surface area contributed by atoms with Crippen LogP contribution >= 0.6 is 0 Å². The van der Waals surface area contributed by atoms with Crippen molar-refractivity contribution in [1.82, 2.24) is 0 Å². The van der Waals surface area contributed by atoms with E-state index in [0.717, 1.165) is 11.1 Å². The van der Waals surface area contributed by atoms with E-state index in [1.165, 1.54) is 6.92 Å². The summed E-state index contributed by atoms with van der Waals surface area (Å²) in [6.45, 7) is 3.66. The van der Waals surface area contributed by atoms with Crippen molar-refractivity contribution in [1.29, 1.82) is 0 Å². The number of ether oxygens (including phenoxy) is 5. The fourth-order valence-corrected chi connectivity index (χ4v) is 3.61. The molecular formula is C22H24O6. The van der Waals surface area contributed by atoms with Crippen LogP contribution in [-0.4, -0.2) is 36.7 Å². The third kappa shape index (κ3) is 4.10. The van der Waals surface area contributed by atoms with Crippen LogP contribution in [0, 0.1) is 0 Å². The minimum Gasteiger partial charge on any atom is -0.457 e. The molecule has 0 bridgehead atoms. The van der Waals surface area contributed by atoms with Gasteiger partial charge in [-0.2, -0.15) is 0 Å². The molecule has 148 valence electrons. The summed E-state index contributed by atoms with van der Waals surface area (Å²) >= 11 is 0. The number of hydrogen-bond acceptors (Lipinski definition) is 6. The van der Waals surface area contributed by atoms with E-state index in [4.69, 9.17) is 23.7 Å². The predicted molar refractivity (Wildman–Crippen MR) is 100 cm³/mol. The Kier molecular flexibility index (Phi) is 5.73. The van der Waals surface area contributed by atoms with Crippen molar-refractivity contribution in [3.63, 3.8) is 0 Å². The summed E-state index contributed by atoms with van der Waals surface area (Å²) < 4.78 is 29.8. The Bertz CT molecular complexity index is 778. The first-order valence-corrected chi connectivity index (χ1v) is 9.46. The number of benzene rings is 2. The van der Waals surface area contributed by atoms with E-state index >= 15 is 0 Å². The number of hydrogen-bond donors (Lipinski definition) is 0. The molecule has 2 aliphatic rings. The third-order valence-corrected chi connectivity index (χ3v) is 4.92. The second-order valence-corrected chi connectivity index (χ2v) is 7.02. The zero-order valence-corrected chi connectivity index (χ0v) is 15.9. The lowest BCUT2D eigenvalue weighted by atomic mass is 9.99. The Hall–Kier alpha value is -2.25. The molecule has 0 aromatic heterocycles. The predicted octanol–water partition coefficient (Wildman–Crippen LogP) is 3.36.